The van der Waals surface area contributed by atoms with E-state index < -0.39 is 11.5 Å². The molecule has 3 fully saturated rings. The van der Waals surface area contributed by atoms with Crippen LogP contribution in [0.15, 0.2) is 12.2 Å². The van der Waals surface area contributed by atoms with Crippen LogP contribution < -0.4 is 0 Å². The number of hydrogen-bond donors (Lipinski definition) is 0. The fourth-order valence-corrected chi connectivity index (χ4v) is 4.62. The molecular weight excluding hydrogens is 282 g/mol. The van der Waals surface area contributed by atoms with Crippen LogP contribution in [0.1, 0.15) is 39.0 Å². The van der Waals surface area contributed by atoms with Crippen LogP contribution >= 0.6 is 0 Å². The van der Waals surface area contributed by atoms with E-state index in [1.807, 2.05) is 24.0 Å². The second kappa shape index (κ2) is 5.08. The van der Waals surface area contributed by atoms with E-state index in [4.69, 9.17) is 9.47 Å². The molecule has 3 aliphatic heterocycles. The Bertz CT molecular complexity index is 525. The minimum Gasteiger partial charge on any atom is -0.465 e. The predicted octanol–water partition coefficient (Wildman–Crippen LogP) is 1.66. The summed E-state index contributed by atoms with van der Waals surface area (Å²) in [5.74, 6) is -1.02. The van der Waals surface area contributed by atoms with Crippen LogP contribution in [-0.2, 0) is 19.1 Å². The number of fused-ring (bicyclic) bond motifs is 1. The first-order valence-corrected chi connectivity index (χ1v) is 8.50. The zero-order chi connectivity index (χ0) is 15.3. The van der Waals surface area contributed by atoms with E-state index in [2.05, 4.69) is 0 Å². The van der Waals surface area contributed by atoms with Crippen molar-refractivity contribution in [3.05, 3.63) is 12.2 Å². The van der Waals surface area contributed by atoms with Gasteiger partial charge >= 0.3 is 5.97 Å². The van der Waals surface area contributed by atoms with Crippen molar-refractivity contribution in [2.75, 3.05) is 13.2 Å². The third-order valence-corrected chi connectivity index (χ3v) is 5.62. The maximum Gasteiger partial charge on any atom is 0.312 e. The van der Waals surface area contributed by atoms with E-state index in [0.717, 1.165) is 19.3 Å². The van der Waals surface area contributed by atoms with Crippen LogP contribution in [0.4, 0.5) is 0 Å². The summed E-state index contributed by atoms with van der Waals surface area (Å²) in [5.41, 5.74) is -0.583. The maximum absolute atomic E-state index is 13.0. The number of nitrogens with zero attached hydrogens (tertiary/aromatic N) is 1. The zero-order valence-electron chi connectivity index (χ0n) is 13.0. The quantitative estimate of drug-likeness (QED) is 0.585. The van der Waals surface area contributed by atoms with E-state index in [1.54, 1.807) is 0 Å². The van der Waals surface area contributed by atoms with Gasteiger partial charge in [-0.3, -0.25) is 9.59 Å². The lowest BCUT2D eigenvalue weighted by molar-refractivity contribution is -0.154. The van der Waals surface area contributed by atoms with E-state index in [9.17, 15) is 9.59 Å². The fraction of sp³-hybridized carbons (Fsp3) is 0.765. The second-order valence-electron chi connectivity index (χ2n) is 6.97. The van der Waals surface area contributed by atoms with Crippen molar-refractivity contribution in [2.24, 2.45) is 11.8 Å². The zero-order valence-corrected chi connectivity index (χ0v) is 13.0. The van der Waals surface area contributed by atoms with Crippen molar-refractivity contribution >= 4 is 11.9 Å². The molecule has 0 unspecified atom stereocenters. The average molecular weight is 305 g/mol. The summed E-state index contributed by atoms with van der Waals surface area (Å²) in [6.07, 6.45) is 8.99. The first-order chi connectivity index (χ1) is 10.7. The van der Waals surface area contributed by atoms with Crippen LogP contribution in [0.3, 0.4) is 0 Å². The molecule has 22 heavy (non-hydrogen) atoms. The number of amides is 1. The molecule has 2 bridgehead atoms. The molecule has 2 saturated heterocycles. The minimum absolute atomic E-state index is 0.0946. The molecule has 1 aliphatic carbocycles. The van der Waals surface area contributed by atoms with Gasteiger partial charge in [-0.25, -0.2) is 0 Å². The highest BCUT2D eigenvalue weighted by atomic mass is 16.6. The largest absolute Gasteiger partial charge is 0.465 e. The monoisotopic (exact) mass is 305 g/mol. The molecule has 1 amide bonds. The Morgan fingerprint density at radius 1 is 1.45 bits per heavy atom. The highest BCUT2D eigenvalue weighted by Crippen LogP contribution is 2.53. The van der Waals surface area contributed by atoms with Gasteiger partial charge in [0.2, 0.25) is 5.91 Å². The molecule has 1 spiro atoms. The molecule has 4 atom stereocenters. The maximum atomic E-state index is 13.0. The van der Waals surface area contributed by atoms with Crippen LogP contribution in [0.5, 0.6) is 0 Å². The Labute approximate surface area is 130 Å². The molecule has 0 aromatic heterocycles. The molecule has 0 radical (unpaired) electrons. The van der Waals surface area contributed by atoms with Gasteiger partial charge in [0.25, 0.3) is 0 Å². The van der Waals surface area contributed by atoms with Gasteiger partial charge in [0.05, 0.1) is 25.2 Å². The molecule has 4 aliphatic rings. The van der Waals surface area contributed by atoms with Gasteiger partial charge in [-0.15, -0.1) is 0 Å². The highest BCUT2D eigenvalue weighted by Gasteiger charge is 2.67. The van der Waals surface area contributed by atoms with Gasteiger partial charge in [0, 0.05) is 6.04 Å². The summed E-state index contributed by atoms with van der Waals surface area (Å²) in [6.45, 7) is 2.98. The number of hydrogen-bond acceptors (Lipinski definition) is 4. The van der Waals surface area contributed by atoms with Crippen LogP contribution in [0, 0.1) is 11.8 Å². The van der Waals surface area contributed by atoms with Crippen molar-refractivity contribution in [1.29, 1.82) is 0 Å². The summed E-state index contributed by atoms with van der Waals surface area (Å²) in [6, 6.07) is 0.329. The van der Waals surface area contributed by atoms with Crippen molar-refractivity contribution in [3.63, 3.8) is 0 Å². The van der Waals surface area contributed by atoms with E-state index in [-0.39, 0.29) is 23.9 Å². The topological polar surface area (TPSA) is 55.8 Å². The Morgan fingerprint density at radius 2 is 2.23 bits per heavy atom. The van der Waals surface area contributed by atoms with Gasteiger partial charge in [-0.1, -0.05) is 31.9 Å². The lowest BCUT2D eigenvalue weighted by atomic mass is 9.77. The molecule has 0 aromatic carbocycles. The van der Waals surface area contributed by atoms with Gasteiger partial charge in [0.1, 0.15) is 11.5 Å². The van der Waals surface area contributed by atoms with Crippen LogP contribution in [-0.4, -0.2) is 47.7 Å². The van der Waals surface area contributed by atoms with Crippen LogP contribution in [0.2, 0.25) is 0 Å². The number of esters is 1. The Hall–Kier alpha value is -1.36. The van der Waals surface area contributed by atoms with E-state index >= 15 is 0 Å². The molecule has 5 nitrogen and oxygen atoms in total. The van der Waals surface area contributed by atoms with Gasteiger partial charge in [0.15, 0.2) is 0 Å². The lowest BCUT2D eigenvalue weighted by Gasteiger charge is -2.26. The third-order valence-electron chi connectivity index (χ3n) is 5.62. The van der Waals surface area contributed by atoms with E-state index in [0.29, 0.717) is 19.2 Å². The minimum atomic E-state index is -0.583. The number of carbonyl (C=O) groups excluding carboxylic acids is 2. The number of likely N-dealkylation sites (tertiary alicyclic amines) is 1. The second-order valence-corrected chi connectivity index (χ2v) is 6.97. The molecule has 5 heteroatoms. The summed E-state index contributed by atoms with van der Waals surface area (Å²) in [4.78, 5) is 27.3. The predicted molar refractivity (Wildman–Crippen MR) is 78.9 cm³/mol. The summed E-state index contributed by atoms with van der Waals surface area (Å²) in [5, 5.41) is 0. The average Bonchev–Trinajstić information content (AvgIpc) is 3.25. The SMILES string of the molecule is CCCOC(=O)[C@H]1[C@H]2C(=O)N(C3CCCC3)C[C@@]23C=C[C@H]1O3. The molecule has 0 aromatic rings. The van der Waals surface area contributed by atoms with Crippen molar-refractivity contribution in [2.45, 2.75) is 56.8 Å². The summed E-state index contributed by atoms with van der Waals surface area (Å²) in [7, 11) is 0. The molecule has 1 saturated carbocycles. The molecular formula is C17H23NO4. The van der Waals surface area contributed by atoms with Crippen molar-refractivity contribution in [3.8, 4) is 0 Å². The Balaban J connectivity index is 1.58. The van der Waals surface area contributed by atoms with Crippen molar-refractivity contribution < 1.29 is 19.1 Å². The number of carbonyl (C=O) groups is 2. The Morgan fingerprint density at radius 3 is 2.95 bits per heavy atom. The summed E-state index contributed by atoms with van der Waals surface area (Å²) < 4.78 is 11.4. The van der Waals surface area contributed by atoms with Gasteiger partial charge in [-0.05, 0) is 19.3 Å². The fourth-order valence-electron chi connectivity index (χ4n) is 4.62. The summed E-state index contributed by atoms with van der Waals surface area (Å²) >= 11 is 0. The number of ether oxygens (including phenoxy) is 2. The highest BCUT2D eigenvalue weighted by molar-refractivity contribution is 5.91. The normalized spacial score (nSPS) is 39.8. The standard InChI is InChI=1S/C17H23NO4/c1-2-9-21-16(20)13-12-7-8-17(22-12)10-18(15(19)14(13)17)11-5-3-4-6-11/h7-8,11-14H,2-6,9-10H2,1H3/t12-,13-,14+,17+/m1/s1. The Kier molecular flexibility index (Phi) is 3.29. The smallest absolute Gasteiger partial charge is 0.312 e. The van der Waals surface area contributed by atoms with Crippen molar-refractivity contribution in [1.82, 2.24) is 4.90 Å². The third kappa shape index (κ3) is 1.87. The van der Waals surface area contributed by atoms with Crippen LogP contribution in [0.25, 0.3) is 0 Å². The lowest BCUT2D eigenvalue weighted by Crippen LogP contribution is -2.41. The van der Waals surface area contributed by atoms with Gasteiger partial charge in [-0.2, -0.15) is 0 Å². The molecule has 3 heterocycles. The first-order valence-electron chi connectivity index (χ1n) is 8.50. The van der Waals surface area contributed by atoms with Gasteiger partial charge < -0.3 is 14.4 Å². The molecule has 4 rings (SSSR count). The van der Waals surface area contributed by atoms with E-state index in [1.165, 1.54) is 12.8 Å². The number of rotatable bonds is 4. The molecule has 0 N–H and O–H groups in total. The first kappa shape index (κ1) is 14.2. The molecule has 120 valence electrons.